The molecule has 3 rings (SSSR count). The summed E-state index contributed by atoms with van der Waals surface area (Å²) in [5.41, 5.74) is 1.13. The van der Waals surface area contributed by atoms with Gasteiger partial charge in [0.15, 0.2) is 5.69 Å². The number of hydrogen-bond acceptors (Lipinski definition) is 5. The maximum Gasteiger partial charge on any atom is 0.417 e. The van der Waals surface area contributed by atoms with Crippen LogP contribution >= 0.6 is 11.6 Å². The fourth-order valence-corrected chi connectivity index (χ4v) is 2.72. The summed E-state index contributed by atoms with van der Waals surface area (Å²) in [7, 11) is 0. The fourth-order valence-electron chi connectivity index (χ4n) is 2.50. The standard InChI is InChI=1S/C15H15ClF3N5O2/c16-10-5-8(15(17,18)19)6-22-14(10)26-4-3-21-13(25)12-9-7-20-2-1-11(9)23-24-12/h5-6,20H,1-4,7H2,(H,21,25)(H,23,24). The Morgan fingerprint density at radius 2 is 2.23 bits per heavy atom. The zero-order valence-corrected chi connectivity index (χ0v) is 14.2. The number of halogens is 4. The van der Waals surface area contributed by atoms with Crippen LogP contribution in [0.1, 0.15) is 27.3 Å². The lowest BCUT2D eigenvalue weighted by molar-refractivity contribution is -0.137. The average molecular weight is 390 g/mol. The van der Waals surface area contributed by atoms with E-state index in [0.29, 0.717) is 18.4 Å². The lowest BCUT2D eigenvalue weighted by Crippen LogP contribution is -2.31. The molecule has 7 nitrogen and oxygen atoms in total. The number of alkyl halides is 3. The minimum Gasteiger partial charge on any atom is -0.475 e. The summed E-state index contributed by atoms with van der Waals surface area (Å²) in [5.74, 6) is -0.489. The number of amides is 1. The van der Waals surface area contributed by atoms with E-state index in [-0.39, 0.29) is 30.0 Å². The molecular formula is C15H15ClF3N5O2. The normalized spacial score (nSPS) is 14.0. The third-order valence-corrected chi connectivity index (χ3v) is 4.05. The van der Waals surface area contributed by atoms with Crippen molar-refractivity contribution in [3.05, 3.63) is 39.8 Å². The van der Waals surface area contributed by atoms with E-state index in [1.165, 1.54) is 0 Å². The number of carbonyl (C=O) groups excluding carboxylic acids is 1. The first-order valence-corrected chi connectivity index (χ1v) is 8.14. The van der Waals surface area contributed by atoms with Gasteiger partial charge in [-0.15, -0.1) is 0 Å². The van der Waals surface area contributed by atoms with Gasteiger partial charge in [0.05, 0.1) is 12.1 Å². The molecule has 0 unspecified atom stereocenters. The van der Waals surface area contributed by atoms with Gasteiger partial charge in [-0.3, -0.25) is 9.89 Å². The molecule has 0 aliphatic carbocycles. The number of aromatic nitrogens is 3. The third-order valence-electron chi connectivity index (χ3n) is 3.78. The number of fused-ring (bicyclic) bond motifs is 1. The van der Waals surface area contributed by atoms with Gasteiger partial charge in [-0.2, -0.15) is 18.3 Å². The second-order valence-electron chi connectivity index (χ2n) is 5.57. The molecule has 1 amide bonds. The third kappa shape index (κ3) is 4.07. The van der Waals surface area contributed by atoms with Gasteiger partial charge in [0.25, 0.3) is 5.91 Å². The van der Waals surface area contributed by atoms with Crippen molar-refractivity contribution in [2.24, 2.45) is 0 Å². The second-order valence-corrected chi connectivity index (χ2v) is 5.98. The number of rotatable bonds is 5. The predicted molar refractivity (Wildman–Crippen MR) is 86.1 cm³/mol. The first kappa shape index (κ1) is 18.5. The van der Waals surface area contributed by atoms with Crippen molar-refractivity contribution in [1.29, 1.82) is 0 Å². The first-order chi connectivity index (χ1) is 12.4. The molecule has 0 bridgehead atoms. The molecule has 0 spiro atoms. The Morgan fingerprint density at radius 1 is 1.42 bits per heavy atom. The van der Waals surface area contributed by atoms with Crippen LogP contribution in [0.5, 0.6) is 5.88 Å². The Labute approximate surface area is 151 Å². The number of H-pyrrole nitrogens is 1. The lowest BCUT2D eigenvalue weighted by Gasteiger charge is -2.13. The van der Waals surface area contributed by atoms with Gasteiger partial charge in [0.1, 0.15) is 11.6 Å². The van der Waals surface area contributed by atoms with Crippen molar-refractivity contribution in [3.63, 3.8) is 0 Å². The van der Waals surface area contributed by atoms with Crippen molar-refractivity contribution in [2.45, 2.75) is 19.1 Å². The van der Waals surface area contributed by atoms with Crippen LogP contribution in [0.4, 0.5) is 13.2 Å². The Hall–Kier alpha value is -2.33. The molecule has 11 heteroatoms. The van der Waals surface area contributed by atoms with Gasteiger partial charge in [-0.25, -0.2) is 4.98 Å². The van der Waals surface area contributed by atoms with Crippen molar-refractivity contribution in [2.75, 3.05) is 19.7 Å². The summed E-state index contributed by atoms with van der Waals surface area (Å²) in [6.45, 7) is 1.50. The van der Waals surface area contributed by atoms with Crippen LogP contribution in [-0.2, 0) is 19.1 Å². The number of nitrogens with zero attached hydrogens (tertiary/aromatic N) is 2. The average Bonchev–Trinajstić information content (AvgIpc) is 3.03. The molecule has 26 heavy (non-hydrogen) atoms. The van der Waals surface area contributed by atoms with Crippen LogP contribution in [0.25, 0.3) is 0 Å². The van der Waals surface area contributed by atoms with E-state index in [1.807, 2.05) is 0 Å². The first-order valence-electron chi connectivity index (χ1n) is 7.77. The molecule has 1 aliphatic rings. The van der Waals surface area contributed by atoms with Gasteiger partial charge in [-0.1, -0.05) is 11.6 Å². The molecule has 2 aromatic heterocycles. The van der Waals surface area contributed by atoms with Crippen LogP contribution in [0.3, 0.4) is 0 Å². The summed E-state index contributed by atoms with van der Waals surface area (Å²) in [5, 5.41) is 12.4. The molecule has 140 valence electrons. The van der Waals surface area contributed by atoms with Gasteiger partial charge in [0, 0.05) is 37.0 Å². The largest absolute Gasteiger partial charge is 0.475 e. The molecule has 0 fully saturated rings. The molecule has 1 aliphatic heterocycles. The summed E-state index contributed by atoms with van der Waals surface area (Å²) >= 11 is 5.74. The number of nitrogens with one attached hydrogen (secondary N) is 3. The van der Waals surface area contributed by atoms with Gasteiger partial charge >= 0.3 is 6.18 Å². The molecule has 0 aromatic carbocycles. The highest BCUT2D eigenvalue weighted by Crippen LogP contribution is 2.33. The van der Waals surface area contributed by atoms with Gasteiger partial charge in [0.2, 0.25) is 5.88 Å². The van der Waals surface area contributed by atoms with E-state index in [0.717, 1.165) is 30.3 Å². The number of pyridine rings is 1. The monoisotopic (exact) mass is 389 g/mol. The topological polar surface area (TPSA) is 91.9 Å². The van der Waals surface area contributed by atoms with Crippen LogP contribution in [0, 0.1) is 0 Å². The molecule has 3 N–H and O–H groups in total. The van der Waals surface area contributed by atoms with Gasteiger partial charge < -0.3 is 15.4 Å². The molecule has 3 heterocycles. The fraction of sp³-hybridized carbons (Fsp3) is 0.400. The Bertz CT molecular complexity index is 809. The molecule has 0 radical (unpaired) electrons. The number of hydrogen-bond donors (Lipinski definition) is 3. The highest BCUT2D eigenvalue weighted by molar-refractivity contribution is 6.31. The van der Waals surface area contributed by atoms with E-state index in [4.69, 9.17) is 16.3 Å². The summed E-state index contributed by atoms with van der Waals surface area (Å²) < 4.78 is 42.9. The maximum atomic E-state index is 12.5. The minimum atomic E-state index is -4.53. The van der Waals surface area contributed by atoms with Crippen molar-refractivity contribution in [1.82, 2.24) is 25.8 Å². The number of ether oxygens (including phenoxy) is 1. The predicted octanol–water partition coefficient (Wildman–Crippen LogP) is 1.93. The summed E-state index contributed by atoms with van der Waals surface area (Å²) in [6.07, 6.45) is -3.11. The minimum absolute atomic E-state index is 0.00527. The number of aromatic amines is 1. The van der Waals surface area contributed by atoms with Crippen LogP contribution in [0.2, 0.25) is 5.02 Å². The van der Waals surface area contributed by atoms with Gasteiger partial charge in [-0.05, 0) is 6.07 Å². The second kappa shape index (κ2) is 7.50. The lowest BCUT2D eigenvalue weighted by atomic mass is 10.1. The van der Waals surface area contributed by atoms with Crippen molar-refractivity contribution in [3.8, 4) is 5.88 Å². The SMILES string of the molecule is O=C(NCCOc1ncc(C(F)(F)F)cc1Cl)c1n[nH]c2c1CNCC2. The molecule has 2 aromatic rings. The molecule has 0 saturated heterocycles. The van der Waals surface area contributed by atoms with E-state index >= 15 is 0 Å². The van der Waals surface area contributed by atoms with E-state index < -0.39 is 11.7 Å². The summed E-state index contributed by atoms with van der Waals surface area (Å²) in [4.78, 5) is 15.7. The number of carbonyl (C=O) groups is 1. The smallest absolute Gasteiger partial charge is 0.417 e. The zero-order valence-electron chi connectivity index (χ0n) is 13.4. The quantitative estimate of drug-likeness (QED) is 0.680. The van der Waals surface area contributed by atoms with E-state index in [1.54, 1.807) is 0 Å². The highest BCUT2D eigenvalue weighted by atomic mass is 35.5. The molecule has 0 saturated carbocycles. The highest BCUT2D eigenvalue weighted by Gasteiger charge is 2.31. The van der Waals surface area contributed by atoms with Crippen LogP contribution < -0.4 is 15.4 Å². The van der Waals surface area contributed by atoms with E-state index in [2.05, 4.69) is 25.8 Å². The maximum absolute atomic E-state index is 12.5. The van der Waals surface area contributed by atoms with Crippen molar-refractivity contribution >= 4 is 17.5 Å². The van der Waals surface area contributed by atoms with Crippen molar-refractivity contribution < 1.29 is 22.7 Å². The summed E-state index contributed by atoms with van der Waals surface area (Å²) in [6, 6.07) is 0.742. The van der Waals surface area contributed by atoms with Crippen LogP contribution in [-0.4, -0.2) is 40.8 Å². The molecule has 0 atom stereocenters. The molecular weight excluding hydrogens is 375 g/mol. The zero-order chi connectivity index (χ0) is 18.7. The van der Waals surface area contributed by atoms with E-state index in [9.17, 15) is 18.0 Å². The Kier molecular flexibility index (Phi) is 5.33. The van der Waals surface area contributed by atoms with Crippen LogP contribution in [0.15, 0.2) is 12.3 Å². The Morgan fingerprint density at radius 3 is 2.96 bits per heavy atom. The Balaban J connectivity index is 1.51.